The van der Waals surface area contributed by atoms with Crippen LogP contribution in [-0.4, -0.2) is 0 Å². The Hall–Kier alpha value is -2.01. The zero-order valence-electron chi connectivity index (χ0n) is 8.74. The minimum absolute atomic E-state index is 0.645. The number of hydrogen-bond acceptors (Lipinski definition) is 2. The molecule has 2 nitrogen and oxygen atoms in total. The van der Waals surface area contributed by atoms with Crippen LogP contribution >= 0.6 is 0 Å². The summed E-state index contributed by atoms with van der Waals surface area (Å²) in [6, 6.07) is 11.6. The third-order valence-corrected chi connectivity index (χ3v) is 2.48. The monoisotopic (exact) mass is 197 g/mol. The highest BCUT2D eigenvalue weighted by molar-refractivity contribution is 5.66. The fourth-order valence-corrected chi connectivity index (χ4v) is 1.50. The summed E-state index contributed by atoms with van der Waals surface area (Å²) in [7, 11) is 0. The van der Waals surface area contributed by atoms with Gasteiger partial charge in [0.15, 0.2) is 0 Å². The van der Waals surface area contributed by atoms with Crippen molar-refractivity contribution in [3.05, 3.63) is 47.2 Å². The summed E-state index contributed by atoms with van der Waals surface area (Å²) in [5.74, 6) is 1.67. The van der Waals surface area contributed by atoms with Crippen molar-refractivity contribution in [1.82, 2.24) is 0 Å². The van der Waals surface area contributed by atoms with Gasteiger partial charge in [-0.25, -0.2) is 0 Å². The second-order valence-electron chi connectivity index (χ2n) is 3.51. The van der Waals surface area contributed by atoms with Crippen LogP contribution in [0.25, 0.3) is 11.3 Å². The summed E-state index contributed by atoms with van der Waals surface area (Å²) in [6.45, 7) is 3.92. The van der Waals surface area contributed by atoms with Gasteiger partial charge in [0, 0.05) is 5.56 Å². The second-order valence-corrected chi connectivity index (χ2v) is 3.51. The molecule has 74 valence electrons. The van der Waals surface area contributed by atoms with Crippen molar-refractivity contribution in [3.63, 3.8) is 0 Å². The van der Waals surface area contributed by atoms with E-state index in [4.69, 9.17) is 9.68 Å². The van der Waals surface area contributed by atoms with Crippen molar-refractivity contribution in [2.75, 3.05) is 0 Å². The Morgan fingerprint density at radius 3 is 2.53 bits per heavy atom. The van der Waals surface area contributed by atoms with Gasteiger partial charge in [0.2, 0.25) is 0 Å². The molecule has 2 heteroatoms. The maximum Gasteiger partial charge on any atom is 0.135 e. The van der Waals surface area contributed by atoms with Crippen LogP contribution in [0.5, 0.6) is 0 Å². The minimum atomic E-state index is 0.645. The van der Waals surface area contributed by atoms with Crippen LogP contribution in [0.15, 0.2) is 34.7 Å². The van der Waals surface area contributed by atoms with Crippen LogP contribution in [0.3, 0.4) is 0 Å². The maximum absolute atomic E-state index is 8.96. The lowest BCUT2D eigenvalue weighted by molar-refractivity contribution is 0.545. The smallest absolute Gasteiger partial charge is 0.135 e. The predicted molar refractivity (Wildman–Crippen MR) is 58.3 cm³/mol. The van der Waals surface area contributed by atoms with Crippen molar-refractivity contribution < 1.29 is 4.42 Å². The first-order valence-corrected chi connectivity index (χ1v) is 4.79. The van der Waals surface area contributed by atoms with E-state index < -0.39 is 0 Å². The molecule has 0 amide bonds. The third-order valence-electron chi connectivity index (χ3n) is 2.48. The van der Waals surface area contributed by atoms with E-state index in [0.717, 1.165) is 22.6 Å². The van der Waals surface area contributed by atoms with Gasteiger partial charge in [0.05, 0.1) is 11.6 Å². The zero-order valence-corrected chi connectivity index (χ0v) is 8.74. The lowest BCUT2D eigenvalue weighted by Gasteiger charge is -1.98. The van der Waals surface area contributed by atoms with Gasteiger partial charge in [-0.15, -0.1) is 0 Å². The van der Waals surface area contributed by atoms with Crippen LogP contribution in [0.1, 0.15) is 16.9 Å². The molecule has 0 aliphatic heterocycles. The van der Waals surface area contributed by atoms with Gasteiger partial charge in [0.25, 0.3) is 0 Å². The molecule has 0 fully saturated rings. The van der Waals surface area contributed by atoms with E-state index in [-0.39, 0.29) is 0 Å². The number of furan rings is 1. The number of hydrogen-bond donors (Lipinski definition) is 0. The van der Waals surface area contributed by atoms with Gasteiger partial charge < -0.3 is 4.42 Å². The second kappa shape index (κ2) is 3.62. The Bertz CT molecular complexity index is 512. The van der Waals surface area contributed by atoms with Gasteiger partial charge >= 0.3 is 0 Å². The third kappa shape index (κ3) is 1.64. The van der Waals surface area contributed by atoms with Crippen LogP contribution in [0.4, 0.5) is 0 Å². The molecule has 1 heterocycles. The average molecular weight is 197 g/mol. The summed E-state index contributed by atoms with van der Waals surface area (Å²) < 4.78 is 5.59. The van der Waals surface area contributed by atoms with Gasteiger partial charge in [-0.2, -0.15) is 5.26 Å². The summed E-state index contributed by atoms with van der Waals surface area (Å²) in [4.78, 5) is 0. The molecule has 2 rings (SSSR count). The molecule has 0 saturated carbocycles. The van der Waals surface area contributed by atoms with Crippen molar-refractivity contribution in [2.24, 2.45) is 0 Å². The van der Waals surface area contributed by atoms with Crippen molar-refractivity contribution in [3.8, 4) is 17.4 Å². The lowest BCUT2D eigenvalue weighted by Crippen LogP contribution is -1.80. The van der Waals surface area contributed by atoms with Gasteiger partial charge in [-0.1, -0.05) is 12.1 Å². The van der Waals surface area contributed by atoms with E-state index in [1.807, 2.05) is 38.1 Å². The van der Waals surface area contributed by atoms with E-state index in [1.54, 1.807) is 6.07 Å². The minimum Gasteiger partial charge on any atom is -0.461 e. The zero-order chi connectivity index (χ0) is 10.8. The Labute approximate surface area is 88.8 Å². The molecule has 0 aliphatic rings. The van der Waals surface area contributed by atoms with E-state index in [2.05, 4.69) is 6.07 Å². The molecular weight excluding hydrogens is 186 g/mol. The average Bonchev–Trinajstić information content (AvgIpc) is 2.59. The SMILES string of the molecule is Cc1cc(-c2ccccc2C#N)oc1C. The highest BCUT2D eigenvalue weighted by Gasteiger charge is 2.09. The Morgan fingerprint density at radius 1 is 1.20 bits per heavy atom. The van der Waals surface area contributed by atoms with Crippen molar-refractivity contribution >= 4 is 0 Å². The molecule has 0 bridgehead atoms. The number of rotatable bonds is 1. The van der Waals surface area contributed by atoms with E-state index in [1.165, 1.54) is 0 Å². The van der Waals surface area contributed by atoms with Crippen LogP contribution in [-0.2, 0) is 0 Å². The largest absolute Gasteiger partial charge is 0.461 e. The van der Waals surface area contributed by atoms with E-state index >= 15 is 0 Å². The lowest BCUT2D eigenvalue weighted by atomic mass is 10.1. The molecule has 0 aliphatic carbocycles. The Kier molecular flexibility index (Phi) is 2.31. The maximum atomic E-state index is 8.96. The van der Waals surface area contributed by atoms with Crippen LogP contribution in [0.2, 0.25) is 0 Å². The first-order chi connectivity index (χ1) is 7.22. The molecule has 1 aromatic carbocycles. The number of nitriles is 1. The summed E-state index contributed by atoms with van der Waals surface area (Å²) in [6.07, 6.45) is 0. The van der Waals surface area contributed by atoms with Gasteiger partial charge in [-0.3, -0.25) is 0 Å². The molecule has 0 atom stereocenters. The molecule has 1 aromatic heterocycles. The topological polar surface area (TPSA) is 36.9 Å². The molecule has 0 unspecified atom stereocenters. The fraction of sp³-hybridized carbons (Fsp3) is 0.154. The van der Waals surface area contributed by atoms with Crippen molar-refractivity contribution in [1.29, 1.82) is 5.26 Å². The van der Waals surface area contributed by atoms with Gasteiger partial charge in [-0.05, 0) is 37.6 Å². The Morgan fingerprint density at radius 2 is 1.93 bits per heavy atom. The molecule has 0 radical (unpaired) electrons. The molecule has 0 N–H and O–H groups in total. The van der Waals surface area contributed by atoms with Gasteiger partial charge in [0.1, 0.15) is 11.5 Å². The highest BCUT2D eigenvalue weighted by Crippen LogP contribution is 2.27. The number of nitrogens with zero attached hydrogens (tertiary/aromatic N) is 1. The number of aryl methyl sites for hydroxylation is 2. The first kappa shape index (κ1) is 9.54. The van der Waals surface area contributed by atoms with E-state index in [0.29, 0.717) is 5.56 Å². The molecular formula is C13H11NO. The molecule has 0 spiro atoms. The molecule has 0 saturated heterocycles. The summed E-state index contributed by atoms with van der Waals surface area (Å²) in [5.41, 5.74) is 2.61. The normalized spacial score (nSPS) is 9.93. The standard InChI is InChI=1S/C13H11NO/c1-9-7-13(15-10(9)2)12-6-4-3-5-11(12)8-14/h3-7H,1-2H3. The molecule has 15 heavy (non-hydrogen) atoms. The quantitative estimate of drug-likeness (QED) is 0.702. The predicted octanol–water partition coefficient (Wildman–Crippen LogP) is 3.44. The summed E-state index contributed by atoms with van der Waals surface area (Å²) >= 11 is 0. The number of benzene rings is 1. The van der Waals surface area contributed by atoms with Crippen molar-refractivity contribution in [2.45, 2.75) is 13.8 Å². The highest BCUT2D eigenvalue weighted by atomic mass is 16.3. The summed E-state index contributed by atoms with van der Waals surface area (Å²) in [5, 5.41) is 8.96. The Balaban J connectivity index is 2.59. The van der Waals surface area contributed by atoms with Crippen LogP contribution in [0, 0.1) is 25.2 Å². The molecule has 2 aromatic rings. The fourth-order valence-electron chi connectivity index (χ4n) is 1.50. The van der Waals surface area contributed by atoms with Crippen LogP contribution < -0.4 is 0 Å². The van der Waals surface area contributed by atoms with E-state index in [9.17, 15) is 0 Å². The first-order valence-electron chi connectivity index (χ1n) is 4.79.